The van der Waals surface area contributed by atoms with Gasteiger partial charge >= 0.3 is 0 Å². The predicted molar refractivity (Wildman–Crippen MR) is 74.9 cm³/mol. The molecule has 2 rings (SSSR count). The van der Waals surface area contributed by atoms with Crippen molar-refractivity contribution in [1.82, 2.24) is 15.5 Å². The van der Waals surface area contributed by atoms with Gasteiger partial charge in [-0.1, -0.05) is 43.3 Å². The van der Waals surface area contributed by atoms with Crippen molar-refractivity contribution in [3.05, 3.63) is 47.6 Å². The Labute approximate surface area is 114 Å². The second-order valence-electron chi connectivity index (χ2n) is 4.61. The van der Waals surface area contributed by atoms with Crippen LogP contribution in [0.2, 0.25) is 0 Å². The molecule has 0 fully saturated rings. The monoisotopic (exact) mass is 259 g/mol. The zero-order valence-corrected chi connectivity index (χ0v) is 11.6. The van der Waals surface area contributed by atoms with E-state index in [1.54, 1.807) is 0 Å². The number of benzene rings is 1. The summed E-state index contributed by atoms with van der Waals surface area (Å²) in [7, 11) is 0. The van der Waals surface area contributed by atoms with E-state index in [0.717, 1.165) is 31.6 Å². The highest BCUT2D eigenvalue weighted by Crippen LogP contribution is 2.17. The first-order valence-electron chi connectivity index (χ1n) is 6.91. The fourth-order valence-corrected chi connectivity index (χ4v) is 2.14. The molecular formula is C15H21N3O. The molecule has 2 aromatic rings. The van der Waals surface area contributed by atoms with Gasteiger partial charge in [0.15, 0.2) is 5.82 Å². The van der Waals surface area contributed by atoms with E-state index in [-0.39, 0.29) is 0 Å². The van der Waals surface area contributed by atoms with E-state index in [2.05, 4.69) is 53.6 Å². The Morgan fingerprint density at radius 3 is 2.58 bits per heavy atom. The number of nitrogens with zero attached hydrogens (tertiary/aromatic N) is 2. The van der Waals surface area contributed by atoms with Crippen LogP contribution in [0.4, 0.5) is 0 Å². The van der Waals surface area contributed by atoms with Crippen molar-refractivity contribution in [3.8, 4) is 0 Å². The molecule has 0 spiro atoms. The molecule has 0 aliphatic heterocycles. The van der Waals surface area contributed by atoms with Gasteiger partial charge in [-0.3, -0.25) is 0 Å². The summed E-state index contributed by atoms with van der Waals surface area (Å²) < 4.78 is 4.72. The van der Waals surface area contributed by atoms with Crippen LogP contribution >= 0.6 is 0 Å². The quantitative estimate of drug-likeness (QED) is 0.830. The smallest absolute Gasteiger partial charge is 0.213 e. The first kappa shape index (κ1) is 13.7. The Morgan fingerprint density at radius 2 is 2.00 bits per heavy atom. The van der Waals surface area contributed by atoms with E-state index in [0.29, 0.717) is 6.04 Å². The molecule has 0 bridgehead atoms. The summed E-state index contributed by atoms with van der Waals surface area (Å²) in [4.78, 5) is 4.02. The summed E-state index contributed by atoms with van der Waals surface area (Å²) >= 11 is 0. The second-order valence-corrected chi connectivity index (χ2v) is 4.61. The molecule has 0 saturated carbocycles. The van der Waals surface area contributed by atoms with Crippen LogP contribution in [0.15, 0.2) is 35.2 Å². The number of rotatable bonds is 7. The minimum Gasteiger partial charge on any atom is -0.343 e. The van der Waals surface area contributed by atoms with Gasteiger partial charge in [-0.15, -0.1) is 0 Å². The average Bonchev–Trinajstić information content (AvgIpc) is 2.97. The van der Waals surface area contributed by atoms with Crippen LogP contribution in [-0.4, -0.2) is 16.7 Å². The number of aromatic nitrogens is 2. The second kappa shape index (κ2) is 7.04. The maximum Gasteiger partial charge on any atom is 0.213 e. The van der Waals surface area contributed by atoms with Gasteiger partial charge in [-0.05, 0) is 24.0 Å². The van der Waals surface area contributed by atoms with Crippen molar-refractivity contribution < 1.29 is 4.52 Å². The van der Waals surface area contributed by atoms with Crippen LogP contribution in [0.1, 0.15) is 43.3 Å². The van der Waals surface area contributed by atoms with Crippen LogP contribution in [0, 0.1) is 0 Å². The van der Waals surface area contributed by atoms with Gasteiger partial charge < -0.3 is 9.84 Å². The molecule has 1 aromatic heterocycles. The van der Waals surface area contributed by atoms with Gasteiger partial charge in [0.25, 0.3) is 0 Å². The predicted octanol–water partition coefficient (Wildman–Crippen LogP) is 2.92. The van der Waals surface area contributed by atoms with Crippen LogP contribution in [0.3, 0.4) is 0 Å². The molecule has 1 heterocycles. The van der Waals surface area contributed by atoms with Crippen molar-refractivity contribution >= 4 is 0 Å². The molecule has 0 aliphatic rings. The minimum absolute atomic E-state index is 0.387. The number of hydrogen-bond acceptors (Lipinski definition) is 4. The third-order valence-corrected chi connectivity index (χ3v) is 3.34. The zero-order valence-electron chi connectivity index (χ0n) is 11.6. The van der Waals surface area contributed by atoms with Crippen molar-refractivity contribution in [2.75, 3.05) is 6.54 Å². The molecule has 1 atom stereocenters. The third kappa shape index (κ3) is 3.89. The SMILES string of the molecule is CCc1ccc(C(CC)NCCc2ncon2)cc1. The van der Waals surface area contributed by atoms with Crippen LogP contribution in [0.5, 0.6) is 0 Å². The summed E-state index contributed by atoms with van der Waals surface area (Å²) in [5.41, 5.74) is 2.72. The van der Waals surface area contributed by atoms with Crippen LogP contribution < -0.4 is 5.32 Å². The fourth-order valence-electron chi connectivity index (χ4n) is 2.14. The maximum absolute atomic E-state index is 4.72. The molecule has 0 amide bonds. The van der Waals surface area contributed by atoms with Crippen LogP contribution in [-0.2, 0) is 12.8 Å². The molecule has 102 valence electrons. The van der Waals surface area contributed by atoms with Gasteiger partial charge in [0, 0.05) is 19.0 Å². The Hall–Kier alpha value is -1.68. The van der Waals surface area contributed by atoms with Gasteiger partial charge in [0.05, 0.1) is 0 Å². The summed E-state index contributed by atoms with van der Waals surface area (Å²) in [6.07, 6.45) is 4.32. The Kier molecular flexibility index (Phi) is 5.10. The van der Waals surface area contributed by atoms with Gasteiger partial charge in [-0.2, -0.15) is 4.98 Å². The Bertz CT molecular complexity index is 465. The molecule has 0 aliphatic carbocycles. The van der Waals surface area contributed by atoms with Crippen molar-refractivity contribution in [2.45, 2.75) is 39.2 Å². The van der Waals surface area contributed by atoms with E-state index >= 15 is 0 Å². The lowest BCUT2D eigenvalue weighted by atomic mass is 10.0. The zero-order chi connectivity index (χ0) is 13.5. The van der Waals surface area contributed by atoms with Crippen molar-refractivity contribution in [1.29, 1.82) is 0 Å². The molecule has 1 aromatic carbocycles. The maximum atomic E-state index is 4.72. The molecule has 19 heavy (non-hydrogen) atoms. The lowest BCUT2D eigenvalue weighted by molar-refractivity contribution is 0.408. The lowest BCUT2D eigenvalue weighted by Gasteiger charge is -2.17. The van der Waals surface area contributed by atoms with E-state index in [1.165, 1.54) is 17.5 Å². The number of nitrogens with one attached hydrogen (secondary N) is 1. The summed E-state index contributed by atoms with van der Waals surface area (Å²) in [5.74, 6) is 0.753. The van der Waals surface area contributed by atoms with E-state index < -0.39 is 0 Å². The molecule has 1 N–H and O–H groups in total. The average molecular weight is 259 g/mol. The highest BCUT2D eigenvalue weighted by atomic mass is 16.5. The van der Waals surface area contributed by atoms with Crippen LogP contribution in [0.25, 0.3) is 0 Å². The standard InChI is InChI=1S/C15H21N3O/c1-3-12-5-7-13(8-6-12)14(4-2)16-10-9-15-17-11-19-18-15/h5-8,11,14,16H,3-4,9-10H2,1-2H3. The molecule has 0 radical (unpaired) electrons. The van der Waals surface area contributed by atoms with Crippen molar-refractivity contribution in [2.24, 2.45) is 0 Å². The van der Waals surface area contributed by atoms with E-state index in [9.17, 15) is 0 Å². The number of aryl methyl sites for hydroxylation is 1. The first-order chi connectivity index (χ1) is 9.33. The highest BCUT2D eigenvalue weighted by Gasteiger charge is 2.08. The molecule has 1 unspecified atom stereocenters. The number of hydrogen-bond donors (Lipinski definition) is 1. The van der Waals surface area contributed by atoms with Gasteiger partial charge in [-0.25, -0.2) is 0 Å². The largest absolute Gasteiger partial charge is 0.343 e. The summed E-state index contributed by atoms with van der Waals surface area (Å²) in [6, 6.07) is 9.23. The normalized spacial score (nSPS) is 12.5. The first-order valence-corrected chi connectivity index (χ1v) is 6.91. The fraction of sp³-hybridized carbons (Fsp3) is 0.467. The van der Waals surface area contributed by atoms with E-state index in [4.69, 9.17) is 4.52 Å². The summed E-state index contributed by atoms with van der Waals surface area (Å²) in [6.45, 7) is 5.22. The Balaban J connectivity index is 1.88. The topological polar surface area (TPSA) is 51.0 Å². The molecular weight excluding hydrogens is 238 g/mol. The molecule has 0 saturated heterocycles. The highest BCUT2D eigenvalue weighted by molar-refractivity contribution is 5.25. The summed E-state index contributed by atoms with van der Waals surface area (Å²) in [5, 5.41) is 7.35. The van der Waals surface area contributed by atoms with Gasteiger partial charge in [0.2, 0.25) is 6.39 Å². The molecule has 4 heteroatoms. The van der Waals surface area contributed by atoms with E-state index in [1.807, 2.05) is 0 Å². The van der Waals surface area contributed by atoms with Gasteiger partial charge in [0.1, 0.15) is 0 Å². The lowest BCUT2D eigenvalue weighted by Crippen LogP contribution is -2.23. The third-order valence-electron chi connectivity index (χ3n) is 3.34. The van der Waals surface area contributed by atoms with Crippen molar-refractivity contribution in [3.63, 3.8) is 0 Å². The molecule has 4 nitrogen and oxygen atoms in total. The Morgan fingerprint density at radius 1 is 1.21 bits per heavy atom. The minimum atomic E-state index is 0.387.